The number of urea groups is 1. The highest BCUT2D eigenvalue weighted by molar-refractivity contribution is 6.04. The molecule has 4 heteroatoms. The second-order valence-electron chi connectivity index (χ2n) is 4.15. The molecule has 0 aromatic heterocycles. The molecule has 1 unspecified atom stereocenters. The van der Waals surface area contributed by atoms with E-state index in [1.54, 1.807) is 4.90 Å². The van der Waals surface area contributed by atoms with Gasteiger partial charge in [0.2, 0.25) is 0 Å². The van der Waals surface area contributed by atoms with E-state index in [9.17, 15) is 9.59 Å². The number of benzene rings is 1. The van der Waals surface area contributed by atoms with Crippen LogP contribution in [0.4, 0.5) is 4.79 Å². The topological polar surface area (TPSA) is 49.4 Å². The zero-order valence-electron chi connectivity index (χ0n) is 9.85. The lowest BCUT2D eigenvalue weighted by Crippen LogP contribution is -2.36. The maximum Gasteiger partial charge on any atom is 0.324 e. The Morgan fingerprint density at radius 3 is 2.59 bits per heavy atom. The largest absolute Gasteiger partial charge is 0.324 e. The van der Waals surface area contributed by atoms with E-state index in [2.05, 4.69) is 5.32 Å². The standard InChI is InChI=1S/C13H16N2O2/c1-2-11-12(16)14-13(17)15(11)9-8-10-6-4-3-5-7-10/h3-7,11H,2,8-9H2,1H3,(H,14,16,17). The number of imide groups is 1. The minimum absolute atomic E-state index is 0.175. The van der Waals surface area contributed by atoms with Gasteiger partial charge < -0.3 is 4.90 Å². The van der Waals surface area contributed by atoms with Crippen LogP contribution in [0.3, 0.4) is 0 Å². The summed E-state index contributed by atoms with van der Waals surface area (Å²) >= 11 is 0. The highest BCUT2D eigenvalue weighted by Crippen LogP contribution is 2.13. The van der Waals surface area contributed by atoms with Crippen LogP contribution in [0.2, 0.25) is 0 Å². The van der Waals surface area contributed by atoms with Gasteiger partial charge in [0.25, 0.3) is 5.91 Å². The van der Waals surface area contributed by atoms with Crippen LogP contribution in [0.15, 0.2) is 30.3 Å². The van der Waals surface area contributed by atoms with Gasteiger partial charge in [0, 0.05) is 6.54 Å². The number of amides is 3. The van der Waals surface area contributed by atoms with Crippen molar-refractivity contribution in [2.24, 2.45) is 0 Å². The van der Waals surface area contributed by atoms with E-state index < -0.39 is 0 Å². The number of rotatable bonds is 4. The molecule has 2 rings (SSSR count). The molecular formula is C13H16N2O2. The second-order valence-corrected chi connectivity index (χ2v) is 4.15. The van der Waals surface area contributed by atoms with Gasteiger partial charge in [-0.3, -0.25) is 10.1 Å². The molecule has 1 aliphatic heterocycles. The lowest BCUT2D eigenvalue weighted by molar-refractivity contribution is -0.121. The van der Waals surface area contributed by atoms with Crippen LogP contribution in [-0.4, -0.2) is 29.4 Å². The zero-order chi connectivity index (χ0) is 12.3. The second kappa shape index (κ2) is 4.99. The quantitative estimate of drug-likeness (QED) is 0.801. The van der Waals surface area contributed by atoms with Gasteiger partial charge in [0.1, 0.15) is 6.04 Å². The fourth-order valence-electron chi connectivity index (χ4n) is 2.10. The molecule has 1 aromatic carbocycles. The fraction of sp³-hybridized carbons (Fsp3) is 0.385. The maximum absolute atomic E-state index is 11.6. The Kier molecular flexibility index (Phi) is 3.42. The molecule has 0 bridgehead atoms. The lowest BCUT2D eigenvalue weighted by atomic mass is 10.1. The van der Waals surface area contributed by atoms with Gasteiger partial charge in [-0.2, -0.15) is 0 Å². The number of nitrogens with zero attached hydrogens (tertiary/aromatic N) is 1. The van der Waals surface area contributed by atoms with Crippen LogP contribution in [0.25, 0.3) is 0 Å². The summed E-state index contributed by atoms with van der Waals surface area (Å²) in [7, 11) is 0. The van der Waals surface area contributed by atoms with Gasteiger partial charge >= 0.3 is 6.03 Å². The highest BCUT2D eigenvalue weighted by Gasteiger charge is 2.36. The zero-order valence-corrected chi connectivity index (χ0v) is 9.85. The maximum atomic E-state index is 11.6. The van der Waals surface area contributed by atoms with Gasteiger partial charge in [-0.05, 0) is 18.4 Å². The van der Waals surface area contributed by atoms with Crippen molar-refractivity contribution in [3.63, 3.8) is 0 Å². The Balaban J connectivity index is 1.99. The highest BCUT2D eigenvalue weighted by atomic mass is 16.2. The summed E-state index contributed by atoms with van der Waals surface area (Å²) in [5.41, 5.74) is 1.18. The average Bonchev–Trinajstić information content (AvgIpc) is 2.62. The van der Waals surface area contributed by atoms with E-state index in [0.29, 0.717) is 13.0 Å². The number of nitrogens with one attached hydrogen (secondary N) is 1. The normalized spacial score (nSPS) is 19.6. The average molecular weight is 232 g/mol. The van der Waals surface area contributed by atoms with Crippen molar-refractivity contribution in [2.45, 2.75) is 25.8 Å². The molecule has 1 aromatic rings. The first kappa shape index (κ1) is 11.6. The Morgan fingerprint density at radius 2 is 1.94 bits per heavy atom. The summed E-state index contributed by atoms with van der Waals surface area (Å²) in [6.45, 7) is 2.50. The smallest absolute Gasteiger partial charge is 0.312 e. The molecular weight excluding hydrogens is 216 g/mol. The third-order valence-corrected chi connectivity index (χ3v) is 3.04. The van der Waals surface area contributed by atoms with Crippen LogP contribution >= 0.6 is 0 Å². The summed E-state index contributed by atoms with van der Waals surface area (Å²) in [5, 5.41) is 2.35. The lowest BCUT2D eigenvalue weighted by Gasteiger charge is -2.20. The van der Waals surface area contributed by atoms with Gasteiger partial charge in [-0.25, -0.2) is 4.79 Å². The summed E-state index contributed by atoms with van der Waals surface area (Å²) in [6.07, 6.45) is 1.43. The summed E-state index contributed by atoms with van der Waals surface area (Å²) in [6, 6.07) is 9.39. The van der Waals surface area contributed by atoms with Crippen LogP contribution in [0, 0.1) is 0 Å². The van der Waals surface area contributed by atoms with E-state index >= 15 is 0 Å². The monoisotopic (exact) mass is 232 g/mol. The summed E-state index contributed by atoms with van der Waals surface area (Å²) < 4.78 is 0. The van der Waals surface area contributed by atoms with Gasteiger partial charge in [-0.15, -0.1) is 0 Å². The Labute approximate surface area is 101 Å². The molecule has 1 aliphatic rings. The van der Waals surface area contributed by atoms with Crippen molar-refractivity contribution in [3.05, 3.63) is 35.9 Å². The molecule has 1 saturated heterocycles. The van der Waals surface area contributed by atoms with Crippen molar-refractivity contribution < 1.29 is 9.59 Å². The molecule has 1 N–H and O–H groups in total. The Hall–Kier alpha value is -1.84. The van der Waals surface area contributed by atoms with Crippen LogP contribution in [0.5, 0.6) is 0 Å². The van der Waals surface area contributed by atoms with Crippen molar-refractivity contribution in [1.82, 2.24) is 10.2 Å². The van der Waals surface area contributed by atoms with E-state index in [-0.39, 0.29) is 18.0 Å². The summed E-state index contributed by atoms with van der Waals surface area (Å²) in [4.78, 5) is 24.7. The molecule has 17 heavy (non-hydrogen) atoms. The third kappa shape index (κ3) is 2.46. The number of hydrogen-bond acceptors (Lipinski definition) is 2. The van der Waals surface area contributed by atoms with E-state index in [0.717, 1.165) is 6.42 Å². The fourth-order valence-corrected chi connectivity index (χ4v) is 2.10. The minimum atomic E-state index is -0.300. The van der Waals surface area contributed by atoms with Crippen molar-refractivity contribution in [2.75, 3.05) is 6.54 Å². The van der Waals surface area contributed by atoms with Crippen LogP contribution < -0.4 is 5.32 Å². The number of hydrogen-bond donors (Lipinski definition) is 1. The van der Waals surface area contributed by atoms with Gasteiger partial charge in [0.15, 0.2) is 0 Å². The molecule has 3 amide bonds. The molecule has 90 valence electrons. The molecule has 0 radical (unpaired) electrons. The van der Waals surface area contributed by atoms with Crippen molar-refractivity contribution in [1.29, 1.82) is 0 Å². The Morgan fingerprint density at radius 1 is 1.24 bits per heavy atom. The molecule has 1 heterocycles. The third-order valence-electron chi connectivity index (χ3n) is 3.04. The summed E-state index contributed by atoms with van der Waals surface area (Å²) in [5.74, 6) is -0.175. The van der Waals surface area contributed by atoms with Crippen LogP contribution in [-0.2, 0) is 11.2 Å². The molecule has 4 nitrogen and oxygen atoms in total. The van der Waals surface area contributed by atoms with Crippen LogP contribution in [0.1, 0.15) is 18.9 Å². The van der Waals surface area contributed by atoms with Gasteiger partial charge in [-0.1, -0.05) is 37.3 Å². The first-order valence-electron chi connectivity index (χ1n) is 5.87. The predicted molar refractivity (Wildman–Crippen MR) is 64.5 cm³/mol. The van der Waals surface area contributed by atoms with Crippen molar-refractivity contribution in [3.8, 4) is 0 Å². The SMILES string of the molecule is CCC1C(=O)NC(=O)N1CCc1ccccc1. The molecule has 1 atom stereocenters. The Bertz CT molecular complexity index is 417. The minimum Gasteiger partial charge on any atom is -0.312 e. The molecule has 0 saturated carbocycles. The first-order valence-corrected chi connectivity index (χ1v) is 5.87. The molecule has 0 aliphatic carbocycles. The predicted octanol–water partition coefficient (Wildman–Crippen LogP) is 1.56. The van der Waals surface area contributed by atoms with E-state index in [1.165, 1.54) is 5.56 Å². The van der Waals surface area contributed by atoms with Crippen molar-refractivity contribution >= 4 is 11.9 Å². The van der Waals surface area contributed by atoms with E-state index in [4.69, 9.17) is 0 Å². The van der Waals surface area contributed by atoms with Gasteiger partial charge in [0.05, 0.1) is 0 Å². The first-order chi connectivity index (χ1) is 8.22. The number of carbonyl (C=O) groups is 2. The molecule has 1 fully saturated rings. The molecule has 0 spiro atoms. The van der Waals surface area contributed by atoms with E-state index in [1.807, 2.05) is 37.3 Å². The number of carbonyl (C=O) groups excluding carboxylic acids is 2.